The Bertz CT molecular complexity index is 486. The van der Waals surface area contributed by atoms with E-state index in [4.69, 9.17) is 0 Å². The number of Topliss-reactive ketones (excluding diaryl/α,β-unsaturated/α-hetero) is 1. The Kier molecular flexibility index (Phi) is 3.51. The third-order valence-electron chi connectivity index (χ3n) is 5.18. The molecule has 1 heterocycles. The fourth-order valence-corrected chi connectivity index (χ4v) is 4.22. The van der Waals surface area contributed by atoms with Crippen LogP contribution in [0, 0.1) is 12.8 Å². The molecule has 0 aromatic carbocycles. The van der Waals surface area contributed by atoms with Crippen molar-refractivity contribution >= 4 is 5.78 Å². The van der Waals surface area contributed by atoms with Gasteiger partial charge >= 0.3 is 0 Å². The molecule has 2 atom stereocenters. The number of hydrogen-bond donors (Lipinski definition) is 0. The fraction of sp³-hybridized carbons (Fsp3) is 0.706. The molecule has 2 unspecified atom stereocenters. The lowest BCUT2D eigenvalue weighted by Gasteiger charge is -2.35. The second-order valence-corrected chi connectivity index (χ2v) is 6.31. The number of ketones is 1. The molecule has 0 saturated heterocycles. The lowest BCUT2D eigenvalue weighted by atomic mass is 9.82. The highest BCUT2D eigenvalue weighted by atomic mass is 16.1. The van der Waals surface area contributed by atoms with Crippen molar-refractivity contribution in [3.63, 3.8) is 0 Å². The Morgan fingerprint density at radius 3 is 2.79 bits per heavy atom. The first-order chi connectivity index (χ1) is 9.22. The maximum absolute atomic E-state index is 12.1. The van der Waals surface area contributed by atoms with Crippen LogP contribution in [0.4, 0.5) is 0 Å². The summed E-state index contributed by atoms with van der Waals surface area (Å²) in [7, 11) is 0. The Morgan fingerprint density at radius 2 is 2.00 bits per heavy atom. The summed E-state index contributed by atoms with van der Waals surface area (Å²) < 4.78 is 2.54. The van der Waals surface area contributed by atoms with Crippen LogP contribution in [0.25, 0.3) is 0 Å². The zero-order valence-electron chi connectivity index (χ0n) is 12.2. The molecule has 2 nitrogen and oxygen atoms in total. The van der Waals surface area contributed by atoms with Crippen LogP contribution in [0.5, 0.6) is 0 Å². The minimum atomic E-state index is 0.368. The van der Waals surface area contributed by atoms with Crippen LogP contribution in [0.1, 0.15) is 79.7 Å². The maximum Gasteiger partial charge on any atom is 0.164 e. The van der Waals surface area contributed by atoms with Gasteiger partial charge in [-0.15, -0.1) is 0 Å². The van der Waals surface area contributed by atoms with Crippen LogP contribution in [0.2, 0.25) is 0 Å². The second kappa shape index (κ2) is 5.15. The van der Waals surface area contributed by atoms with E-state index in [1.807, 2.05) is 0 Å². The molecule has 0 N–H and O–H groups in total. The highest BCUT2D eigenvalue weighted by Crippen LogP contribution is 2.39. The van der Waals surface area contributed by atoms with E-state index < -0.39 is 0 Å². The van der Waals surface area contributed by atoms with Crippen LogP contribution >= 0.6 is 0 Å². The van der Waals surface area contributed by atoms with Crippen LogP contribution in [-0.2, 0) is 6.42 Å². The number of hydrogen-bond acceptors (Lipinski definition) is 1. The van der Waals surface area contributed by atoms with Gasteiger partial charge in [0.1, 0.15) is 0 Å². The fourth-order valence-electron chi connectivity index (χ4n) is 4.22. The van der Waals surface area contributed by atoms with Gasteiger partial charge in [-0.25, -0.2) is 0 Å². The third kappa shape index (κ3) is 2.15. The van der Waals surface area contributed by atoms with Gasteiger partial charge in [0.15, 0.2) is 5.78 Å². The zero-order valence-corrected chi connectivity index (χ0v) is 12.2. The van der Waals surface area contributed by atoms with Crippen molar-refractivity contribution in [2.24, 2.45) is 5.92 Å². The van der Waals surface area contributed by atoms with E-state index in [-0.39, 0.29) is 0 Å². The quantitative estimate of drug-likeness (QED) is 0.768. The predicted octanol–water partition coefficient (Wildman–Crippen LogP) is 4.46. The molecule has 2 heteroatoms. The number of rotatable bonds is 2. The standard InChI is InChI=1S/C17H25NO/c1-3-13-7-4-5-8-15(13)18-12(2)11-14-16(18)9-6-10-17(14)19/h11,13,15H,3-10H2,1-2H3. The molecule has 0 spiro atoms. The van der Waals surface area contributed by atoms with E-state index >= 15 is 0 Å². The minimum Gasteiger partial charge on any atom is -0.345 e. The van der Waals surface area contributed by atoms with E-state index in [9.17, 15) is 4.79 Å². The highest BCUT2D eigenvalue weighted by molar-refractivity contribution is 5.98. The summed E-state index contributed by atoms with van der Waals surface area (Å²) in [5, 5.41) is 0. The summed E-state index contributed by atoms with van der Waals surface area (Å²) >= 11 is 0. The molecule has 19 heavy (non-hydrogen) atoms. The minimum absolute atomic E-state index is 0.368. The van der Waals surface area contributed by atoms with Crippen LogP contribution in [0.15, 0.2) is 6.07 Å². The maximum atomic E-state index is 12.1. The average molecular weight is 259 g/mol. The molecule has 0 radical (unpaired) electrons. The van der Waals surface area contributed by atoms with Gasteiger partial charge in [-0.3, -0.25) is 4.79 Å². The Labute approximate surface area is 116 Å². The number of aryl methyl sites for hydroxylation is 1. The van der Waals surface area contributed by atoms with Gasteiger partial charge in [0, 0.05) is 29.4 Å². The van der Waals surface area contributed by atoms with E-state index in [0.717, 1.165) is 30.7 Å². The lowest BCUT2D eigenvalue weighted by molar-refractivity contribution is 0.0970. The summed E-state index contributed by atoms with van der Waals surface area (Å²) in [6.07, 6.45) is 9.55. The van der Waals surface area contributed by atoms with E-state index in [1.54, 1.807) is 0 Å². The van der Waals surface area contributed by atoms with Crippen molar-refractivity contribution in [1.29, 1.82) is 0 Å². The number of aromatic nitrogens is 1. The molecule has 1 fully saturated rings. The van der Waals surface area contributed by atoms with E-state index in [1.165, 1.54) is 43.5 Å². The molecular weight excluding hydrogens is 234 g/mol. The average Bonchev–Trinajstić information content (AvgIpc) is 2.76. The molecule has 1 saturated carbocycles. The predicted molar refractivity (Wildman–Crippen MR) is 77.7 cm³/mol. The molecule has 0 amide bonds. The Balaban J connectivity index is 2.02. The number of carbonyl (C=O) groups excluding carboxylic acids is 1. The van der Waals surface area contributed by atoms with E-state index in [0.29, 0.717) is 11.8 Å². The number of fused-ring (bicyclic) bond motifs is 1. The molecule has 2 aliphatic rings. The van der Waals surface area contributed by atoms with Crippen molar-refractivity contribution in [1.82, 2.24) is 4.57 Å². The van der Waals surface area contributed by atoms with Crippen molar-refractivity contribution in [2.75, 3.05) is 0 Å². The van der Waals surface area contributed by atoms with Gasteiger partial charge in [-0.1, -0.05) is 26.2 Å². The van der Waals surface area contributed by atoms with Gasteiger partial charge in [-0.05, 0) is 44.6 Å². The molecule has 3 rings (SSSR count). The Morgan fingerprint density at radius 1 is 1.21 bits per heavy atom. The summed E-state index contributed by atoms with van der Waals surface area (Å²) in [4.78, 5) is 12.1. The number of nitrogens with zero attached hydrogens (tertiary/aromatic N) is 1. The molecular formula is C17H25NO. The first-order valence-electron chi connectivity index (χ1n) is 7.96. The SMILES string of the molecule is CCC1CCCCC1n1c(C)cc2c1CCCC2=O. The smallest absolute Gasteiger partial charge is 0.164 e. The third-order valence-corrected chi connectivity index (χ3v) is 5.18. The molecule has 104 valence electrons. The molecule has 1 aromatic rings. The largest absolute Gasteiger partial charge is 0.345 e. The summed E-state index contributed by atoms with van der Waals surface area (Å²) in [6, 6.07) is 2.80. The van der Waals surface area contributed by atoms with Crippen molar-refractivity contribution < 1.29 is 4.79 Å². The van der Waals surface area contributed by atoms with Crippen LogP contribution in [-0.4, -0.2) is 10.4 Å². The van der Waals surface area contributed by atoms with Crippen LogP contribution in [0.3, 0.4) is 0 Å². The second-order valence-electron chi connectivity index (χ2n) is 6.31. The topological polar surface area (TPSA) is 22.0 Å². The highest BCUT2D eigenvalue weighted by Gasteiger charge is 2.30. The lowest BCUT2D eigenvalue weighted by Crippen LogP contribution is -2.26. The monoisotopic (exact) mass is 259 g/mol. The first kappa shape index (κ1) is 13.0. The van der Waals surface area contributed by atoms with Gasteiger partial charge in [-0.2, -0.15) is 0 Å². The van der Waals surface area contributed by atoms with Gasteiger partial charge < -0.3 is 4.57 Å². The van der Waals surface area contributed by atoms with Crippen LogP contribution < -0.4 is 0 Å². The summed E-state index contributed by atoms with van der Waals surface area (Å²) in [6.45, 7) is 4.51. The van der Waals surface area contributed by atoms with Gasteiger partial charge in [0.05, 0.1) is 0 Å². The molecule has 2 aliphatic carbocycles. The number of carbonyl (C=O) groups is 1. The summed E-state index contributed by atoms with van der Waals surface area (Å²) in [5.41, 5.74) is 3.69. The summed E-state index contributed by atoms with van der Waals surface area (Å²) in [5.74, 6) is 1.17. The molecule has 0 aliphatic heterocycles. The van der Waals surface area contributed by atoms with Crippen molar-refractivity contribution in [2.45, 2.75) is 71.3 Å². The molecule has 1 aromatic heterocycles. The zero-order chi connectivity index (χ0) is 13.4. The first-order valence-corrected chi connectivity index (χ1v) is 7.96. The van der Waals surface area contributed by atoms with E-state index in [2.05, 4.69) is 24.5 Å². The van der Waals surface area contributed by atoms with Gasteiger partial charge in [0.25, 0.3) is 0 Å². The van der Waals surface area contributed by atoms with Crippen molar-refractivity contribution in [3.05, 3.63) is 23.0 Å². The Hall–Kier alpha value is -1.05. The molecule has 0 bridgehead atoms. The van der Waals surface area contributed by atoms with Crippen molar-refractivity contribution in [3.8, 4) is 0 Å². The van der Waals surface area contributed by atoms with Gasteiger partial charge in [0.2, 0.25) is 0 Å². The normalized spacial score (nSPS) is 27.4.